The lowest BCUT2D eigenvalue weighted by Gasteiger charge is -2.15. The molecule has 2 aromatic heterocycles. The van der Waals surface area contributed by atoms with Crippen molar-refractivity contribution in [2.75, 3.05) is 6.54 Å². The van der Waals surface area contributed by atoms with Crippen molar-refractivity contribution in [1.29, 1.82) is 0 Å². The van der Waals surface area contributed by atoms with Crippen LogP contribution in [0.15, 0.2) is 41.8 Å². The predicted molar refractivity (Wildman–Crippen MR) is 80.6 cm³/mol. The molecule has 0 aliphatic rings. The zero-order chi connectivity index (χ0) is 13.2. The van der Waals surface area contributed by atoms with Crippen LogP contribution in [0.25, 0.3) is 11.0 Å². The highest BCUT2D eigenvalue weighted by atomic mass is 32.1. The number of hydrogen-bond acceptors (Lipinski definition) is 3. The Balaban J connectivity index is 2.11. The van der Waals surface area contributed by atoms with Crippen LogP contribution >= 0.6 is 11.3 Å². The smallest absolute Gasteiger partial charge is 0.115 e. The summed E-state index contributed by atoms with van der Waals surface area (Å²) in [5, 5.41) is 2.11. The monoisotopic (exact) mass is 271 g/mol. The first-order chi connectivity index (χ1) is 9.29. The van der Waals surface area contributed by atoms with Gasteiger partial charge in [-0.2, -0.15) is 0 Å². The van der Waals surface area contributed by atoms with Crippen molar-refractivity contribution in [2.24, 2.45) is 5.73 Å². The molecule has 0 bridgehead atoms. The Bertz CT molecular complexity index is 670. The molecule has 0 aliphatic carbocycles. The van der Waals surface area contributed by atoms with Crippen LogP contribution in [0.2, 0.25) is 0 Å². The Morgan fingerprint density at radius 1 is 1.26 bits per heavy atom. The van der Waals surface area contributed by atoms with Crippen LogP contribution in [0.5, 0.6) is 0 Å². The van der Waals surface area contributed by atoms with Crippen LogP contribution < -0.4 is 5.73 Å². The van der Waals surface area contributed by atoms with Crippen molar-refractivity contribution in [2.45, 2.75) is 19.4 Å². The van der Waals surface area contributed by atoms with E-state index in [9.17, 15) is 0 Å². The average Bonchev–Trinajstić information content (AvgIpc) is 3.05. The van der Waals surface area contributed by atoms with Gasteiger partial charge in [-0.05, 0) is 30.5 Å². The molecule has 3 rings (SSSR count). The fraction of sp³-hybridized carbons (Fsp3) is 0.267. The molecule has 0 fully saturated rings. The van der Waals surface area contributed by atoms with Crippen LogP contribution in [0.4, 0.5) is 0 Å². The molecule has 0 spiro atoms. The van der Waals surface area contributed by atoms with Gasteiger partial charge in [-0.1, -0.05) is 18.2 Å². The molecule has 98 valence electrons. The minimum absolute atomic E-state index is 0.266. The molecule has 2 N–H and O–H groups in total. The summed E-state index contributed by atoms with van der Waals surface area (Å²) in [5.41, 5.74) is 8.07. The minimum Gasteiger partial charge on any atom is -0.328 e. The van der Waals surface area contributed by atoms with Crippen molar-refractivity contribution in [1.82, 2.24) is 9.55 Å². The lowest BCUT2D eigenvalue weighted by atomic mass is 10.2. The molecule has 0 saturated heterocycles. The molecule has 0 aliphatic heterocycles. The van der Waals surface area contributed by atoms with Gasteiger partial charge in [0.05, 0.1) is 11.0 Å². The number of thiophene rings is 1. The van der Waals surface area contributed by atoms with Gasteiger partial charge in [0, 0.05) is 23.9 Å². The van der Waals surface area contributed by atoms with E-state index < -0.39 is 0 Å². The third-order valence-corrected chi connectivity index (χ3v) is 4.24. The molecule has 19 heavy (non-hydrogen) atoms. The van der Waals surface area contributed by atoms with Gasteiger partial charge < -0.3 is 10.3 Å². The number of aromatic nitrogens is 2. The summed E-state index contributed by atoms with van der Waals surface area (Å²) in [6, 6.07) is 12.8. The van der Waals surface area contributed by atoms with E-state index in [0.717, 1.165) is 17.8 Å². The molecule has 3 nitrogen and oxygen atoms in total. The first kappa shape index (κ1) is 12.4. The molecular formula is C15H17N3S. The van der Waals surface area contributed by atoms with Crippen molar-refractivity contribution in [3.63, 3.8) is 0 Å². The van der Waals surface area contributed by atoms with Gasteiger partial charge in [0.2, 0.25) is 0 Å². The topological polar surface area (TPSA) is 43.8 Å². The van der Waals surface area contributed by atoms with Crippen molar-refractivity contribution in [3.05, 3.63) is 52.5 Å². The second-order valence-electron chi connectivity index (χ2n) is 4.73. The molecule has 0 amide bonds. The molecule has 4 heteroatoms. The molecule has 2 heterocycles. The van der Waals surface area contributed by atoms with Crippen LogP contribution in [0.1, 0.15) is 23.7 Å². The largest absolute Gasteiger partial charge is 0.328 e. The number of rotatable bonds is 4. The van der Waals surface area contributed by atoms with Crippen molar-refractivity contribution >= 4 is 22.4 Å². The first-order valence-corrected chi connectivity index (χ1v) is 7.36. The van der Waals surface area contributed by atoms with Crippen LogP contribution in [-0.2, 0) is 6.42 Å². The number of nitrogens with zero attached hydrogens (tertiary/aromatic N) is 2. The molecular weight excluding hydrogens is 254 g/mol. The fourth-order valence-corrected chi connectivity index (χ4v) is 3.09. The van der Waals surface area contributed by atoms with Gasteiger partial charge in [-0.25, -0.2) is 4.98 Å². The Morgan fingerprint density at radius 3 is 2.84 bits per heavy atom. The zero-order valence-electron chi connectivity index (χ0n) is 10.9. The van der Waals surface area contributed by atoms with Gasteiger partial charge in [-0.15, -0.1) is 11.3 Å². The zero-order valence-corrected chi connectivity index (χ0v) is 11.7. The number of fused-ring (bicyclic) bond motifs is 1. The van der Waals surface area contributed by atoms with E-state index in [1.807, 2.05) is 6.07 Å². The SMILES string of the molecule is CC(CN)n1c(Cc2cccs2)nc2ccccc21. The molecule has 3 aromatic rings. The summed E-state index contributed by atoms with van der Waals surface area (Å²) in [5.74, 6) is 1.10. The quantitative estimate of drug-likeness (QED) is 0.792. The normalized spacial score (nSPS) is 12.9. The fourth-order valence-electron chi connectivity index (χ4n) is 2.39. The molecule has 1 aromatic carbocycles. The van der Waals surface area contributed by atoms with E-state index in [1.165, 1.54) is 10.4 Å². The molecule has 0 saturated carbocycles. The van der Waals surface area contributed by atoms with Gasteiger partial charge >= 0.3 is 0 Å². The van der Waals surface area contributed by atoms with Crippen molar-refractivity contribution in [3.8, 4) is 0 Å². The Morgan fingerprint density at radius 2 is 2.11 bits per heavy atom. The van der Waals surface area contributed by atoms with Gasteiger partial charge in [0.1, 0.15) is 5.82 Å². The third-order valence-electron chi connectivity index (χ3n) is 3.36. The Hall–Kier alpha value is -1.65. The number of benzene rings is 1. The van der Waals surface area contributed by atoms with Gasteiger partial charge in [0.25, 0.3) is 0 Å². The number of nitrogens with two attached hydrogens (primary N) is 1. The standard InChI is InChI=1S/C15H17N3S/c1-11(10-16)18-14-7-3-2-6-13(14)17-15(18)9-12-5-4-8-19-12/h2-8,11H,9-10,16H2,1H3. The first-order valence-electron chi connectivity index (χ1n) is 6.48. The number of hydrogen-bond donors (Lipinski definition) is 1. The summed E-state index contributed by atoms with van der Waals surface area (Å²) in [6.07, 6.45) is 0.872. The highest BCUT2D eigenvalue weighted by Crippen LogP contribution is 2.23. The van der Waals surface area contributed by atoms with E-state index >= 15 is 0 Å². The highest BCUT2D eigenvalue weighted by Gasteiger charge is 2.15. The summed E-state index contributed by atoms with van der Waals surface area (Å²) < 4.78 is 2.27. The van der Waals surface area contributed by atoms with Crippen molar-refractivity contribution < 1.29 is 0 Å². The molecule has 1 unspecified atom stereocenters. The summed E-state index contributed by atoms with van der Waals surface area (Å²) in [6.45, 7) is 2.77. The van der Waals surface area contributed by atoms with E-state index in [4.69, 9.17) is 10.7 Å². The maximum Gasteiger partial charge on any atom is 0.115 e. The lowest BCUT2D eigenvalue weighted by molar-refractivity contribution is 0.553. The van der Waals surface area contributed by atoms with Gasteiger partial charge in [0.15, 0.2) is 0 Å². The molecule has 1 atom stereocenters. The molecule has 0 radical (unpaired) electrons. The van der Waals surface area contributed by atoms with Crippen LogP contribution in [0.3, 0.4) is 0 Å². The predicted octanol–water partition coefficient (Wildman–Crippen LogP) is 3.21. The second kappa shape index (κ2) is 5.15. The van der Waals surface area contributed by atoms with Crippen LogP contribution in [-0.4, -0.2) is 16.1 Å². The Labute approximate surface area is 116 Å². The van der Waals surface area contributed by atoms with Gasteiger partial charge in [-0.3, -0.25) is 0 Å². The van der Waals surface area contributed by atoms with E-state index in [-0.39, 0.29) is 6.04 Å². The maximum atomic E-state index is 5.85. The highest BCUT2D eigenvalue weighted by molar-refractivity contribution is 7.09. The number of para-hydroxylation sites is 2. The maximum absolute atomic E-state index is 5.85. The second-order valence-corrected chi connectivity index (χ2v) is 5.76. The summed E-state index contributed by atoms with van der Waals surface area (Å²) in [7, 11) is 0. The lowest BCUT2D eigenvalue weighted by Crippen LogP contribution is -2.18. The van der Waals surface area contributed by atoms with E-state index in [2.05, 4.69) is 47.2 Å². The summed E-state index contributed by atoms with van der Waals surface area (Å²) in [4.78, 5) is 6.10. The third kappa shape index (κ3) is 2.29. The van der Waals surface area contributed by atoms with Crippen LogP contribution in [0, 0.1) is 0 Å². The summed E-state index contributed by atoms with van der Waals surface area (Å²) >= 11 is 1.77. The van der Waals surface area contributed by atoms with E-state index in [0.29, 0.717) is 6.54 Å². The van der Waals surface area contributed by atoms with E-state index in [1.54, 1.807) is 11.3 Å². The minimum atomic E-state index is 0.266. The average molecular weight is 271 g/mol. The Kier molecular flexibility index (Phi) is 3.36. The number of imidazole rings is 1.